The van der Waals surface area contributed by atoms with Crippen LogP contribution in [0.2, 0.25) is 0 Å². The lowest BCUT2D eigenvalue weighted by molar-refractivity contribution is 0.558. The van der Waals surface area contributed by atoms with Crippen LogP contribution in [0.3, 0.4) is 0 Å². The third-order valence-electron chi connectivity index (χ3n) is 5.81. The molecule has 1 unspecified atom stereocenters. The van der Waals surface area contributed by atoms with Crippen molar-refractivity contribution in [2.75, 3.05) is 5.32 Å². The van der Waals surface area contributed by atoms with Crippen LogP contribution in [-0.2, 0) is 19.5 Å². The number of H-pyrrole nitrogens is 1. The van der Waals surface area contributed by atoms with Crippen LogP contribution in [0.15, 0.2) is 17.1 Å². The van der Waals surface area contributed by atoms with E-state index >= 15 is 0 Å². The molecule has 1 fully saturated rings. The number of rotatable bonds is 5. The number of aromatic nitrogens is 6. The third kappa shape index (κ3) is 2.74. The highest BCUT2D eigenvalue weighted by atomic mass is 16.1. The summed E-state index contributed by atoms with van der Waals surface area (Å²) in [5.74, 6) is 2.92. The van der Waals surface area contributed by atoms with E-state index in [1.807, 2.05) is 15.2 Å². The summed E-state index contributed by atoms with van der Waals surface area (Å²) < 4.78 is 3.65. The van der Waals surface area contributed by atoms with Crippen LogP contribution >= 0.6 is 0 Å². The van der Waals surface area contributed by atoms with Gasteiger partial charge in [0, 0.05) is 37.3 Å². The minimum atomic E-state index is 0.0110. The molecule has 0 spiro atoms. The molecule has 1 aliphatic carbocycles. The number of aromatic amines is 1. The summed E-state index contributed by atoms with van der Waals surface area (Å²) >= 11 is 0. The minimum Gasteiger partial charge on any atom is -0.365 e. The Hall–Kier alpha value is -2.64. The standard InChI is InChI=1S/C19H25N7O/c1-2-9-25-18-15(22-16(23-18)12-5-3-4-6-12)17-21-14(11-26(17)19(25)27)10-13-7-8-20-24-13/h7-8,12,14,21H,2-6,9-11H2,1H3,(H,20,24). The molecule has 8 nitrogen and oxygen atoms in total. The largest absolute Gasteiger partial charge is 0.365 e. The maximum atomic E-state index is 13.1. The number of imidazole rings is 1. The number of hydrogen-bond acceptors (Lipinski definition) is 5. The van der Waals surface area contributed by atoms with Crippen molar-refractivity contribution in [2.24, 2.45) is 0 Å². The molecule has 3 aliphatic heterocycles. The zero-order valence-electron chi connectivity index (χ0n) is 15.6. The summed E-state index contributed by atoms with van der Waals surface area (Å²) in [5.41, 5.74) is 1.92. The SMILES string of the molecule is CCCn1c2nc(C3CCCC3)nc-2c2n(c1=O)CC(Cc1ccn[nH]1)N2. The predicted molar refractivity (Wildman–Crippen MR) is 102 cm³/mol. The fraction of sp³-hybridized carbons (Fsp3) is 0.579. The highest BCUT2D eigenvalue weighted by Crippen LogP contribution is 2.37. The second kappa shape index (κ2) is 6.51. The van der Waals surface area contributed by atoms with Gasteiger partial charge in [-0.05, 0) is 25.3 Å². The van der Waals surface area contributed by atoms with Gasteiger partial charge in [0.05, 0.1) is 6.04 Å². The smallest absolute Gasteiger partial charge is 0.331 e. The molecule has 4 heterocycles. The number of anilines is 1. The number of hydrogen-bond donors (Lipinski definition) is 2. The first-order chi connectivity index (χ1) is 13.2. The van der Waals surface area contributed by atoms with Gasteiger partial charge in [-0.25, -0.2) is 14.8 Å². The third-order valence-corrected chi connectivity index (χ3v) is 5.81. The normalized spacial score (nSPS) is 19.7. The number of fused-ring (bicyclic) bond motifs is 3. The molecule has 1 saturated carbocycles. The van der Waals surface area contributed by atoms with E-state index in [4.69, 9.17) is 9.97 Å². The lowest BCUT2D eigenvalue weighted by Crippen LogP contribution is -2.32. The summed E-state index contributed by atoms with van der Waals surface area (Å²) in [5, 5.41) is 10.6. The van der Waals surface area contributed by atoms with Gasteiger partial charge < -0.3 is 5.32 Å². The molecule has 0 radical (unpaired) electrons. The van der Waals surface area contributed by atoms with E-state index in [0.717, 1.165) is 54.5 Å². The Morgan fingerprint density at radius 3 is 2.85 bits per heavy atom. The molecule has 0 bridgehead atoms. The van der Waals surface area contributed by atoms with Gasteiger partial charge >= 0.3 is 5.69 Å². The molecular formula is C19H25N7O. The van der Waals surface area contributed by atoms with E-state index in [0.29, 0.717) is 19.0 Å². The summed E-state index contributed by atoms with van der Waals surface area (Å²) in [6, 6.07) is 2.12. The molecule has 5 rings (SSSR count). The highest BCUT2D eigenvalue weighted by molar-refractivity contribution is 5.70. The Morgan fingerprint density at radius 1 is 1.26 bits per heavy atom. The van der Waals surface area contributed by atoms with Crippen LogP contribution < -0.4 is 11.0 Å². The average Bonchev–Trinajstić information content (AvgIpc) is 3.44. The topological polar surface area (TPSA) is 93.4 Å². The molecule has 8 heteroatoms. The van der Waals surface area contributed by atoms with Gasteiger partial charge in [-0.2, -0.15) is 5.10 Å². The van der Waals surface area contributed by atoms with Gasteiger partial charge in [-0.1, -0.05) is 19.8 Å². The van der Waals surface area contributed by atoms with E-state index in [9.17, 15) is 4.79 Å². The van der Waals surface area contributed by atoms with Gasteiger partial charge in [-0.3, -0.25) is 14.2 Å². The van der Waals surface area contributed by atoms with Crippen LogP contribution in [0.5, 0.6) is 0 Å². The molecule has 4 aliphatic rings. The quantitative estimate of drug-likeness (QED) is 0.722. The molecule has 1 aromatic rings. The van der Waals surface area contributed by atoms with Crippen molar-refractivity contribution >= 4 is 5.82 Å². The molecule has 2 N–H and O–H groups in total. The molecule has 0 saturated heterocycles. The van der Waals surface area contributed by atoms with Gasteiger partial charge in [-0.15, -0.1) is 0 Å². The lowest BCUT2D eigenvalue weighted by Gasteiger charge is -2.13. The van der Waals surface area contributed by atoms with E-state index in [1.165, 1.54) is 12.8 Å². The van der Waals surface area contributed by atoms with Crippen LogP contribution in [0.1, 0.15) is 56.5 Å². The van der Waals surface area contributed by atoms with Crippen LogP contribution in [0.4, 0.5) is 5.82 Å². The minimum absolute atomic E-state index is 0.0110. The summed E-state index contributed by atoms with van der Waals surface area (Å²) in [6.07, 6.45) is 8.24. The lowest BCUT2D eigenvalue weighted by atomic mass is 10.1. The molecule has 0 aromatic carbocycles. The maximum Gasteiger partial charge on any atom is 0.331 e. The summed E-state index contributed by atoms with van der Waals surface area (Å²) in [4.78, 5) is 22.9. The summed E-state index contributed by atoms with van der Waals surface area (Å²) in [7, 11) is 0. The molecule has 142 valence electrons. The molecule has 0 amide bonds. The Morgan fingerprint density at radius 2 is 2.11 bits per heavy atom. The van der Waals surface area contributed by atoms with E-state index in [-0.39, 0.29) is 11.7 Å². The molecule has 1 atom stereocenters. The maximum absolute atomic E-state index is 13.1. The fourth-order valence-electron chi connectivity index (χ4n) is 4.50. The van der Waals surface area contributed by atoms with Crippen molar-refractivity contribution in [3.63, 3.8) is 0 Å². The first kappa shape index (κ1) is 16.5. The zero-order chi connectivity index (χ0) is 18.4. The van der Waals surface area contributed by atoms with Crippen LogP contribution in [-0.4, -0.2) is 35.3 Å². The van der Waals surface area contributed by atoms with Crippen LogP contribution in [0.25, 0.3) is 11.5 Å². The molecule has 1 aromatic heterocycles. The Labute approximate surface area is 157 Å². The van der Waals surface area contributed by atoms with Crippen LogP contribution in [0, 0.1) is 0 Å². The Kier molecular flexibility index (Phi) is 3.98. The Bertz CT molecular complexity index is 965. The highest BCUT2D eigenvalue weighted by Gasteiger charge is 2.33. The first-order valence-corrected chi connectivity index (χ1v) is 10.0. The monoisotopic (exact) mass is 367 g/mol. The van der Waals surface area contributed by atoms with Crippen molar-refractivity contribution in [3.05, 3.63) is 34.3 Å². The average molecular weight is 367 g/mol. The zero-order valence-corrected chi connectivity index (χ0v) is 15.6. The Balaban J connectivity index is 1.57. The second-order valence-electron chi connectivity index (χ2n) is 7.76. The van der Waals surface area contributed by atoms with Gasteiger partial charge in [0.2, 0.25) is 0 Å². The first-order valence-electron chi connectivity index (χ1n) is 10.0. The van der Waals surface area contributed by atoms with Gasteiger partial charge in [0.1, 0.15) is 17.3 Å². The van der Waals surface area contributed by atoms with Crippen molar-refractivity contribution in [1.29, 1.82) is 0 Å². The van der Waals surface area contributed by atoms with E-state index in [1.54, 1.807) is 6.20 Å². The van der Waals surface area contributed by atoms with Crippen molar-refractivity contribution < 1.29 is 0 Å². The van der Waals surface area contributed by atoms with Crippen molar-refractivity contribution in [3.8, 4) is 11.5 Å². The summed E-state index contributed by atoms with van der Waals surface area (Å²) in [6.45, 7) is 3.39. The molecule has 27 heavy (non-hydrogen) atoms. The molecular weight excluding hydrogens is 342 g/mol. The number of nitrogens with zero attached hydrogens (tertiary/aromatic N) is 5. The van der Waals surface area contributed by atoms with Gasteiger partial charge in [0.25, 0.3) is 0 Å². The van der Waals surface area contributed by atoms with E-state index < -0.39 is 0 Å². The predicted octanol–water partition coefficient (Wildman–Crippen LogP) is 2.37. The second-order valence-corrected chi connectivity index (χ2v) is 7.76. The van der Waals surface area contributed by atoms with Crippen molar-refractivity contribution in [1.82, 2.24) is 29.3 Å². The van der Waals surface area contributed by atoms with Crippen molar-refractivity contribution in [2.45, 2.75) is 70.5 Å². The fourth-order valence-corrected chi connectivity index (χ4v) is 4.50. The number of nitrogens with one attached hydrogen (secondary N) is 2. The van der Waals surface area contributed by atoms with Gasteiger partial charge in [0.15, 0.2) is 5.82 Å². The van der Waals surface area contributed by atoms with E-state index in [2.05, 4.69) is 22.4 Å².